The van der Waals surface area contributed by atoms with Crippen molar-refractivity contribution < 1.29 is 9.90 Å². The quantitative estimate of drug-likeness (QED) is 0.727. The predicted molar refractivity (Wildman–Crippen MR) is 79.2 cm³/mol. The fourth-order valence-electron chi connectivity index (χ4n) is 1.75. The molecular formula is C13H20BrN3O2. The number of nitrogens with zero attached hydrogens (tertiary/aromatic N) is 1. The molecule has 0 aliphatic carbocycles. The Morgan fingerprint density at radius 2 is 2.05 bits per heavy atom. The molecule has 5 nitrogen and oxygen atoms in total. The Kier molecular flexibility index (Phi) is 5.75. The Labute approximate surface area is 121 Å². The van der Waals surface area contributed by atoms with Crippen molar-refractivity contribution in [3.05, 3.63) is 22.4 Å². The van der Waals surface area contributed by atoms with Crippen molar-refractivity contribution in [2.75, 3.05) is 11.9 Å². The van der Waals surface area contributed by atoms with E-state index < -0.39 is 5.54 Å². The lowest BCUT2D eigenvalue weighted by atomic mass is 9.94. The minimum absolute atomic E-state index is 0.0784. The number of nitrogens with one attached hydrogen (secondary N) is 2. The third-order valence-electron chi connectivity index (χ3n) is 3.33. The smallest absolute Gasteiger partial charge is 0.319 e. The molecule has 2 amide bonds. The van der Waals surface area contributed by atoms with Crippen LogP contribution in [0.3, 0.4) is 0 Å². The molecule has 106 valence electrons. The molecule has 0 saturated carbocycles. The molecule has 0 fully saturated rings. The summed E-state index contributed by atoms with van der Waals surface area (Å²) in [5, 5.41) is 15.0. The van der Waals surface area contributed by atoms with Crippen LogP contribution in [0.2, 0.25) is 0 Å². The van der Waals surface area contributed by atoms with Gasteiger partial charge in [0.2, 0.25) is 0 Å². The van der Waals surface area contributed by atoms with Gasteiger partial charge in [0.1, 0.15) is 4.60 Å². The summed E-state index contributed by atoms with van der Waals surface area (Å²) in [6, 6.07) is 3.22. The Balaban J connectivity index is 2.74. The van der Waals surface area contributed by atoms with Crippen molar-refractivity contribution in [1.29, 1.82) is 0 Å². The first-order valence-corrected chi connectivity index (χ1v) is 7.09. The maximum absolute atomic E-state index is 12.0. The van der Waals surface area contributed by atoms with E-state index in [1.165, 1.54) is 0 Å². The van der Waals surface area contributed by atoms with Gasteiger partial charge in [-0.1, -0.05) is 13.8 Å². The molecule has 0 bridgehead atoms. The van der Waals surface area contributed by atoms with Crippen LogP contribution in [0.1, 0.15) is 32.4 Å². The second-order valence-electron chi connectivity index (χ2n) is 4.49. The molecule has 0 aliphatic heterocycles. The normalized spacial score (nSPS) is 11.2. The minimum atomic E-state index is -0.569. The molecule has 19 heavy (non-hydrogen) atoms. The molecule has 0 spiro atoms. The fraction of sp³-hybridized carbons (Fsp3) is 0.538. The van der Waals surface area contributed by atoms with Gasteiger partial charge in [0.05, 0.1) is 23.5 Å². The van der Waals surface area contributed by atoms with Crippen LogP contribution >= 0.6 is 15.9 Å². The summed E-state index contributed by atoms with van der Waals surface area (Å²) < 4.78 is 0.725. The summed E-state index contributed by atoms with van der Waals surface area (Å²) in [5.41, 5.74) is 0.813. The van der Waals surface area contributed by atoms with Gasteiger partial charge in [-0.15, -0.1) is 0 Å². The molecule has 0 atom stereocenters. The number of pyridine rings is 1. The lowest BCUT2D eigenvalue weighted by Crippen LogP contribution is -2.52. The van der Waals surface area contributed by atoms with Gasteiger partial charge < -0.3 is 15.7 Å². The minimum Gasteiger partial charge on any atom is -0.394 e. The van der Waals surface area contributed by atoms with Crippen molar-refractivity contribution >= 4 is 27.6 Å². The molecule has 0 radical (unpaired) electrons. The average Bonchev–Trinajstić information content (AvgIpc) is 2.39. The highest BCUT2D eigenvalue weighted by atomic mass is 79.9. The summed E-state index contributed by atoms with van der Waals surface area (Å²) in [7, 11) is 0. The molecule has 0 aliphatic rings. The summed E-state index contributed by atoms with van der Waals surface area (Å²) >= 11 is 3.27. The van der Waals surface area contributed by atoms with Crippen LogP contribution in [0, 0.1) is 6.92 Å². The number of halogens is 1. The number of urea groups is 1. The summed E-state index contributed by atoms with van der Waals surface area (Å²) in [6.45, 7) is 5.61. The number of rotatable bonds is 5. The van der Waals surface area contributed by atoms with Crippen molar-refractivity contribution in [2.45, 2.75) is 39.2 Å². The van der Waals surface area contributed by atoms with Gasteiger partial charge in [-0.05, 0) is 47.8 Å². The van der Waals surface area contributed by atoms with Crippen molar-refractivity contribution in [2.24, 2.45) is 0 Å². The number of anilines is 1. The zero-order chi connectivity index (χ0) is 14.5. The van der Waals surface area contributed by atoms with Gasteiger partial charge >= 0.3 is 6.03 Å². The Bertz CT molecular complexity index is 439. The van der Waals surface area contributed by atoms with E-state index in [0.717, 1.165) is 10.3 Å². The zero-order valence-electron chi connectivity index (χ0n) is 11.5. The summed E-state index contributed by atoms with van der Waals surface area (Å²) in [4.78, 5) is 16.2. The lowest BCUT2D eigenvalue weighted by molar-refractivity contribution is 0.155. The molecule has 0 unspecified atom stereocenters. The van der Waals surface area contributed by atoms with Crippen LogP contribution < -0.4 is 10.6 Å². The van der Waals surface area contributed by atoms with Crippen LogP contribution in [0.4, 0.5) is 10.5 Å². The van der Waals surface area contributed by atoms with Gasteiger partial charge in [0, 0.05) is 0 Å². The highest BCUT2D eigenvalue weighted by Crippen LogP contribution is 2.18. The summed E-state index contributed by atoms with van der Waals surface area (Å²) in [6.07, 6.45) is 1.34. The molecular weight excluding hydrogens is 310 g/mol. The van der Waals surface area contributed by atoms with E-state index in [4.69, 9.17) is 0 Å². The number of aromatic nitrogens is 1. The van der Waals surface area contributed by atoms with Crippen molar-refractivity contribution in [1.82, 2.24) is 10.3 Å². The molecule has 1 rings (SSSR count). The number of carbonyl (C=O) groups excluding carboxylic acids is 1. The zero-order valence-corrected chi connectivity index (χ0v) is 13.0. The molecule has 0 aromatic carbocycles. The molecule has 1 aromatic heterocycles. The van der Waals surface area contributed by atoms with Crippen LogP contribution in [-0.2, 0) is 0 Å². The number of hydrogen-bond donors (Lipinski definition) is 3. The van der Waals surface area contributed by atoms with Gasteiger partial charge in [-0.25, -0.2) is 9.78 Å². The number of hydrogen-bond acceptors (Lipinski definition) is 3. The Hall–Kier alpha value is -1.14. The number of aliphatic hydroxyl groups excluding tert-OH is 1. The third-order valence-corrected chi connectivity index (χ3v) is 3.78. The third kappa shape index (κ3) is 4.18. The predicted octanol–water partition coefficient (Wildman–Crippen LogP) is 2.83. The first-order chi connectivity index (χ1) is 8.96. The Morgan fingerprint density at radius 3 is 2.53 bits per heavy atom. The Morgan fingerprint density at radius 1 is 1.42 bits per heavy atom. The van der Waals surface area contributed by atoms with Crippen LogP contribution in [0.25, 0.3) is 0 Å². The standard InChI is InChI=1S/C13H20BrN3O2/c1-4-13(5-2,8-18)17-12(19)16-10-6-7-11(14)15-9(10)3/h6-7,18H,4-5,8H2,1-3H3,(H2,16,17,19). The monoisotopic (exact) mass is 329 g/mol. The van der Waals surface area contributed by atoms with Crippen molar-refractivity contribution in [3.63, 3.8) is 0 Å². The van der Waals surface area contributed by atoms with Crippen molar-refractivity contribution in [3.8, 4) is 0 Å². The molecule has 3 N–H and O–H groups in total. The van der Waals surface area contributed by atoms with Crippen LogP contribution in [-0.4, -0.2) is 28.3 Å². The summed E-state index contributed by atoms with van der Waals surface area (Å²) in [5.74, 6) is 0. The largest absolute Gasteiger partial charge is 0.394 e. The van der Waals surface area contributed by atoms with E-state index in [1.54, 1.807) is 12.1 Å². The van der Waals surface area contributed by atoms with E-state index in [-0.39, 0.29) is 12.6 Å². The molecule has 1 aromatic rings. The average molecular weight is 330 g/mol. The lowest BCUT2D eigenvalue weighted by Gasteiger charge is -2.30. The first kappa shape index (κ1) is 15.9. The first-order valence-electron chi connectivity index (χ1n) is 6.29. The number of aliphatic hydroxyl groups is 1. The van der Waals surface area contributed by atoms with Crippen LogP contribution in [0.15, 0.2) is 16.7 Å². The van der Waals surface area contributed by atoms with Gasteiger partial charge in [-0.2, -0.15) is 0 Å². The fourth-order valence-corrected chi connectivity index (χ4v) is 2.14. The second kappa shape index (κ2) is 6.86. The van der Waals surface area contributed by atoms with Gasteiger partial charge in [-0.3, -0.25) is 0 Å². The van der Waals surface area contributed by atoms with E-state index in [1.807, 2.05) is 20.8 Å². The number of carbonyl (C=O) groups is 1. The molecule has 6 heteroatoms. The van der Waals surface area contributed by atoms with Crippen LogP contribution in [0.5, 0.6) is 0 Å². The number of aryl methyl sites for hydroxylation is 1. The molecule has 1 heterocycles. The van der Waals surface area contributed by atoms with Gasteiger partial charge in [0.15, 0.2) is 0 Å². The maximum atomic E-state index is 12.0. The highest BCUT2D eigenvalue weighted by Gasteiger charge is 2.27. The molecule has 0 saturated heterocycles. The highest BCUT2D eigenvalue weighted by molar-refractivity contribution is 9.10. The van der Waals surface area contributed by atoms with E-state index >= 15 is 0 Å². The van der Waals surface area contributed by atoms with Gasteiger partial charge in [0.25, 0.3) is 0 Å². The second-order valence-corrected chi connectivity index (χ2v) is 5.30. The van der Waals surface area contributed by atoms with E-state index in [0.29, 0.717) is 18.5 Å². The van der Waals surface area contributed by atoms with E-state index in [2.05, 4.69) is 31.5 Å². The maximum Gasteiger partial charge on any atom is 0.319 e. The number of amides is 2. The SMILES string of the molecule is CCC(CC)(CO)NC(=O)Nc1ccc(Br)nc1C. The van der Waals surface area contributed by atoms with E-state index in [9.17, 15) is 9.90 Å². The topological polar surface area (TPSA) is 74.2 Å².